The largest absolute Gasteiger partial charge is 0.355 e. The van der Waals surface area contributed by atoms with Crippen LogP contribution < -0.4 is 10.6 Å². The summed E-state index contributed by atoms with van der Waals surface area (Å²) in [5.41, 5.74) is -0.149. The molecule has 2 N–H and O–H groups in total. The predicted molar refractivity (Wildman–Crippen MR) is 71.9 cm³/mol. The average molecular weight is 240 g/mol. The van der Waals surface area contributed by atoms with Gasteiger partial charge >= 0.3 is 0 Å². The van der Waals surface area contributed by atoms with Crippen molar-refractivity contribution in [3.8, 4) is 0 Å². The van der Waals surface area contributed by atoms with Gasteiger partial charge in [0.2, 0.25) is 5.91 Å². The SMILES string of the molecule is CCC(CC)CNC(=O)C1(CC)CCCNC1. The third kappa shape index (κ3) is 3.70. The van der Waals surface area contributed by atoms with E-state index in [1.807, 2.05) is 0 Å². The highest BCUT2D eigenvalue weighted by Crippen LogP contribution is 2.30. The van der Waals surface area contributed by atoms with Crippen molar-refractivity contribution in [1.82, 2.24) is 10.6 Å². The van der Waals surface area contributed by atoms with E-state index in [4.69, 9.17) is 0 Å². The highest BCUT2D eigenvalue weighted by Gasteiger charge is 2.37. The van der Waals surface area contributed by atoms with E-state index in [1.54, 1.807) is 0 Å². The van der Waals surface area contributed by atoms with E-state index in [0.717, 1.165) is 51.7 Å². The van der Waals surface area contributed by atoms with Crippen LogP contribution >= 0.6 is 0 Å². The maximum atomic E-state index is 12.3. The smallest absolute Gasteiger partial charge is 0.227 e. The Balaban J connectivity index is 2.48. The summed E-state index contributed by atoms with van der Waals surface area (Å²) in [5.74, 6) is 0.892. The third-order valence-corrected chi connectivity index (χ3v) is 4.34. The van der Waals surface area contributed by atoms with E-state index < -0.39 is 0 Å². The van der Waals surface area contributed by atoms with Gasteiger partial charge in [0.25, 0.3) is 0 Å². The molecule has 0 saturated carbocycles. The summed E-state index contributed by atoms with van der Waals surface area (Å²) in [6.07, 6.45) is 5.38. The van der Waals surface area contributed by atoms with Gasteiger partial charge in [-0.3, -0.25) is 4.79 Å². The quantitative estimate of drug-likeness (QED) is 0.748. The number of nitrogens with one attached hydrogen (secondary N) is 2. The lowest BCUT2D eigenvalue weighted by Crippen LogP contribution is -2.50. The fraction of sp³-hybridized carbons (Fsp3) is 0.929. The zero-order valence-corrected chi connectivity index (χ0v) is 11.6. The summed E-state index contributed by atoms with van der Waals surface area (Å²) < 4.78 is 0. The van der Waals surface area contributed by atoms with E-state index >= 15 is 0 Å². The van der Waals surface area contributed by atoms with Gasteiger partial charge < -0.3 is 10.6 Å². The average Bonchev–Trinajstić information content (AvgIpc) is 2.40. The molecule has 0 radical (unpaired) electrons. The molecule has 1 saturated heterocycles. The second-order valence-electron chi connectivity index (χ2n) is 5.31. The summed E-state index contributed by atoms with van der Waals surface area (Å²) >= 11 is 0. The van der Waals surface area contributed by atoms with E-state index in [0.29, 0.717) is 5.92 Å². The Bertz CT molecular complexity index is 230. The van der Waals surface area contributed by atoms with Crippen LogP contribution in [0, 0.1) is 11.3 Å². The van der Waals surface area contributed by atoms with Gasteiger partial charge in [-0.1, -0.05) is 33.6 Å². The van der Waals surface area contributed by atoms with Gasteiger partial charge in [0.05, 0.1) is 5.41 Å². The fourth-order valence-corrected chi connectivity index (χ4v) is 2.63. The zero-order valence-electron chi connectivity index (χ0n) is 11.6. The van der Waals surface area contributed by atoms with Crippen molar-refractivity contribution in [3.63, 3.8) is 0 Å². The molecule has 1 heterocycles. The first-order valence-electron chi connectivity index (χ1n) is 7.17. The molecule has 1 atom stereocenters. The van der Waals surface area contributed by atoms with Crippen molar-refractivity contribution in [1.29, 1.82) is 0 Å². The molecular weight excluding hydrogens is 212 g/mol. The van der Waals surface area contributed by atoms with E-state index in [2.05, 4.69) is 31.4 Å². The van der Waals surface area contributed by atoms with Crippen LogP contribution in [-0.2, 0) is 4.79 Å². The molecule has 0 spiro atoms. The molecule has 17 heavy (non-hydrogen) atoms. The summed E-state index contributed by atoms with van der Waals surface area (Å²) in [6, 6.07) is 0. The van der Waals surface area contributed by atoms with Gasteiger partial charge in [0.15, 0.2) is 0 Å². The number of rotatable bonds is 6. The zero-order chi connectivity index (χ0) is 12.7. The fourth-order valence-electron chi connectivity index (χ4n) is 2.63. The first-order chi connectivity index (χ1) is 8.18. The van der Waals surface area contributed by atoms with E-state index in [9.17, 15) is 4.79 Å². The molecule has 1 aliphatic heterocycles. The Kier molecular flexibility index (Phi) is 5.96. The molecule has 1 amide bonds. The van der Waals surface area contributed by atoms with Crippen molar-refractivity contribution < 1.29 is 4.79 Å². The Hall–Kier alpha value is -0.570. The highest BCUT2D eigenvalue weighted by molar-refractivity contribution is 5.83. The molecular formula is C14H28N2O. The number of carbonyl (C=O) groups is 1. The Labute approximate surface area is 106 Å². The summed E-state index contributed by atoms with van der Waals surface area (Å²) in [7, 11) is 0. The van der Waals surface area contributed by atoms with E-state index in [1.165, 1.54) is 0 Å². The molecule has 0 aromatic carbocycles. The number of carbonyl (C=O) groups excluding carboxylic acids is 1. The molecule has 0 aromatic rings. The van der Waals surface area contributed by atoms with Crippen LogP contribution in [0.15, 0.2) is 0 Å². The minimum Gasteiger partial charge on any atom is -0.355 e. The molecule has 1 unspecified atom stereocenters. The van der Waals surface area contributed by atoms with Gasteiger partial charge in [-0.2, -0.15) is 0 Å². The Morgan fingerprint density at radius 1 is 1.35 bits per heavy atom. The molecule has 3 heteroatoms. The van der Waals surface area contributed by atoms with Crippen molar-refractivity contribution in [2.24, 2.45) is 11.3 Å². The molecule has 3 nitrogen and oxygen atoms in total. The molecule has 0 aromatic heterocycles. The van der Waals surface area contributed by atoms with Crippen molar-refractivity contribution in [2.75, 3.05) is 19.6 Å². The molecule has 0 aliphatic carbocycles. The van der Waals surface area contributed by atoms with Crippen molar-refractivity contribution >= 4 is 5.91 Å². The lowest BCUT2D eigenvalue weighted by molar-refractivity contribution is -0.132. The van der Waals surface area contributed by atoms with Crippen LogP contribution in [0.2, 0.25) is 0 Å². The van der Waals surface area contributed by atoms with Crippen LogP contribution in [0.4, 0.5) is 0 Å². The molecule has 0 bridgehead atoms. The predicted octanol–water partition coefficient (Wildman–Crippen LogP) is 2.32. The van der Waals surface area contributed by atoms with Gasteiger partial charge in [-0.25, -0.2) is 0 Å². The summed E-state index contributed by atoms with van der Waals surface area (Å²) in [5, 5.41) is 6.53. The summed E-state index contributed by atoms with van der Waals surface area (Å²) in [4.78, 5) is 12.3. The first kappa shape index (κ1) is 14.5. The maximum absolute atomic E-state index is 12.3. The molecule has 1 fully saturated rings. The number of amides is 1. The maximum Gasteiger partial charge on any atom is 0.227 e. The number of hydrogen-bond acceptors (Lipinski definition) is 2. The Morgan fingerprint density at radius 2 is 2.06 bits per heavy atom. The first-order valence-corrected chi connectivity index (χ1v) is 7.17. The lowest BCUT2D eigenvalue weighted by atomic mass is 9.77. The van der Waals surface area contributed by atoms with Crippen molar-refractivity contribution in [2.45, 2.75) is 52.9 Å². The standard InChI is InChI=1S/C14H28N2O/c1-4-12(5-2)10-16-13(17)14(6-3)8-7-9-15-11-14/h12,15H,4-11H2,1-3H3,(H,16,17). The van der Waals surface area contributed by atoms with Gasteiger partial charge in [0, 0.05) is 13.1 Å². The third-order valence-electron chi connectivity index (χ3n) is 4.34. The second kappa shape index (κ2) is 7.00. The lowest BCUT2D eigenvalue weighted by Gasteiger charge is -2.35. The van der Waals surface area contributed by atoms with Crippen LogP contribution in [-0.4, -0.2) is 25.5 Å². The Morgan fingerprint density at radius 3 is 2.53 bits per heavy atom. The molecule has 1 rings (SSSR count). The second-order valence-corrected chi connectivity index (χ2v) is 5.31. The van der Waals surface area contributed by atoms with Crippen LogP contribution in [0.3, 0.4) is 0 Å². The van der Waals surface area contributed by atoms with Crippen molar-refractivity contribution in [3.05, 3.63) is 0 Å². The minimum atomic E-state index is -0.149. The van der Waals surface area contributed by atoms with Crippen LogP contribution in [0.1, 0.15) is 52.9 Å². The monoisotopic (exact) mass is 240 g/mol. The van der Waals surface area contributed by atoms with Gasteiger partial charge in [-0.15, -0.1) is 0 Å². The minimum absolute atomic E-state index is 0.149. The van der Waals surface area contributed by atoms with Gasteiger partial charge in [-0.05, 0) is 31.7 Å². The topological polar surface area (TPSA) is 41.1 Å². The van der Waals surface area contributed by atoms with Crippen LogP contribution in [0.25, 0.3) is 0 Å². The summed E-state index contributed by atoms with van der Waals surface area (Å²) in [6.45, 7) is 9.26. The van der Waals surface area contributed by atoms with E-state index in [-0.39, 0.29) is 11.3 Å². The highest BCUT2D eigenvalue weighted by atomic mass is 16.2. The molecule has 1 aliphatic rings. The molecule has 100 valence electrons. The normalized spacial score (nSPS) is 24.9. The number of piperidine rings is 1. The van der Waals surface area contributed by atoms with Gasteiger partial charge in [0.1, 0.15) is 0 Å². The number of hydrogen-bond donors (Lipinski definition) is 2. The van der Waals surface area contributed by atoms with Crippen LogP contribution in [0.5, 0.6) is 0 Å².